The molecule has 1 aromatic carbocycles. The standard InChI is InChI=1S/C18H15NO2S/c20-18(11-10-17-9-5-13-22-17)19(14-16-8-4-12-21-16)15-6-2-1-3-7-15/h1-13H,14H2/b11-10+. The maximum absolute atomic E-state index is 12.6. The molecule has 3 rings (SSSR count). The fourth-order valence-corrected chi connectivity index (χ4v) is 2.71. The van der Waals surface area contributed by atoms with Crippen molar-refractivity contribution in [3.63, 3.8) is 0 Å². The zero-order valence-electron chi connectivity index (χ0n) is 11.9. The molecule has 0 unspecified atom stereocenters. The summed E-state index contributed by atoms with van der Waals surface area (Å²) in [5.74, 6) is 0.678. The molecule has 0 aliphatic heterocycles. The highest BCUT2D eigenvalue weighted by Gasteiger charge is 2.14. The van der Waals surface area contributed by atoms with E-state index in [1.807, 2.05) is 66.1 Å². The van der Waals surface area contributed by atoms with Gasteiger partial charge in [-0.25, -0.2) is 0 Å². The van der Waals surface area contributed by atoms with Crippen molar-refractivity contribution < 1.29 is 9.21 Å². The van der Waals surface area contributed by atoms with E-state index in [2.05, 4.69) is 0 Å². The van der Waals surface area contributed by atoms with Crippen molar-refractivity contribution in [1.29, 1.82) is 0 Å². The Morgan fingerprint density at radius 3 is 2.64 bits per heavy atom. The Morgan fingerprint density at radius 1 is 1.09 bits per heavy atom. The van der Waals surface area contributed by atoms with E-state index in [9.17, 15) is 4.79 Å². The van der Waals surface area contributed by atoms with Crippen LogP contribution in [-0.2, 0) is 11.3 Å². The fourth-order valence-electron chi connectivity index (χ4n) is 2.09. The monoisotopic (exact) mass is 309 g/mol. The molecule has 0 N–H and O–H groups in total. The summed E-state index contributed by atoms with van der Waals surface area (Å²) < 4.78 is 5.37. The van der Waals surface area contributed by atoms with Crippen LogP contribution >= 0.6 is 11.3 Å². The van der Waals surface area contributed by atoms with Gasteiger partial charge in [0.25, 0.3) is 5.91 Å². The minimum atomic E-state index is -0.0731. The average molecular weight is 309 g/mol. The maximum Gasteiger partial charge on any atom is 0.251 e. The number of rotatable bonds is 5. The van der Waals surface area contributed by atoms with Gasteiger partial charge in [-0.2, -0.15) is 0 Å². The van der Waals surface area contributed by atoms with Crippen LogP contribution in [0.2, 0.25) is 0 Å². The van der Waals surface area contributed by atoms with Gasteiger partial charge in [-0.3, -0.25) is 4.79 Å². The number of para-hydroxylation sites is 1. The molecule has 0 aliphatic rings. The van der Waals surface area contributed by atoms with E-state index in [0.717, 1.165) is 16.3 Å². The van der Waals surface area contributed by atoms with E-state index in [-0.39, 0.29) is 5.91 Å². The van der Waals surface area contributed by atoms with Gasteiger partial charge in [-0.1, -0.05) is 24.3 Å². The molecular formula is C18H15NO2S. The lowest BCUT2D eigenvalue weighted by Crippen LogP contribution is -2.28. The quantitative estimate of drug-likeness (QED) is 0.646. The Bertz CT molecular complexity index is 731. The van der Waals surface area contributed by atoms with Crippen molar-refractivity contribution in [3.05, 3.63) is 83.0 Å². The number of amides is 1. The van der Waals surface area contributed by atoms with Crippen molar-refractivity contribution >= 4 is 29.0 Å². The molecule has 0 bridgehead atoms. The molecule has 1 amide bonds. The van der Waals surface area contributed by atoms with Crippen LogP contribution in [0, 0.1) is 0 Å². The molecule has 0 atom stereocenters. The van der Waals surface area contributed by atoms with Crippen LogP contribution in [0.5, 0.6) is 0 Å². The minimum absolute atomic E-state index is 0.0731. The van der Waals surface area contributed by atoms with Gasteiger partial charge in [0.2, 0.25) is 0 Å². The third-order valence-corrected chi connectivity index (χ3v) is 4.00. The Kier molecular flexibility index (Phi) is 4.51. The molecule has 3 aromatic rings. The largest absolute Gasteiger partial charge is 0.467 e. The SMILES string of the molecule is O=C(/C=C/c1cccs1)N(Cc1ccco1)c1ccccc1. The normalized spacial score (nSPS) is 10.9. The maximum atomic E-state index is 12.6. The van der Waals surface area contributed by atoms with Gasteiger partial charge in [-0.15, -0.1) is 11.3 Å². The third kappa shape index (κ3) is 3.54. The zero-order valence-corrected chi connectivity index (χ0v) is 12.7. The van der Waals surface area contributed by atoms with Crippen molar-refractivity contribution in [2.24, 2.45) is 0 Å². The van der Waals surface area contributed by atoms with Crippen LogP contribution in [-0.4, -0.2) is 5.91 Å². The minimum Gasteiger partial charge on any atom is -0.467 e. The van der Waals surface area contributed by atoms with Crippen LogP contribution in [0.1, 0.15) is 10.6 Å². The van der Waals surface area contributed by atoms with Crippen molar-refractivity contribution in [1.82, 2.24) is 0 Å². The lowest BCUT2D eigenvalue weighted by atomic mass is 10.2. The molecule has 2 aromatic heterocycles. The topological polar surface area (TPSA) is 33.5 Å². The lowest BCUT2D eigenvalue weighted by molar-refractivity contribution is -0.114. The summed E-state index contributed by atoms with van der Waals surface area (Å²) in [5, 5.41) is 1.99. The van der Waals surface area contributed by atoms with Gasteiger partial charge in [0, 0.05) is 16.6 Å². The second-order valence-electron chi connectivity index (χ2n) is 4.69. The Balaban J connectivity index is 1.83. The number of carbonyl (C=O) groups is 1. The highest BCUT2D eigenvalue weighted by Crippen LogP contribution is 2.18. The first-order valence-corrected chi connectivity index (χ1v) is 7.81. The van der Waals surface area contributed by atoms with Gasteiger partial charge in [0.05, 0.1) is 12.8 Å². The molecule has 2 heterocycles. The van der Waals surface area contributed by atoms with Gasteiger partial charge >= 0.3 is 0 Å². The first kappa shape index (κ1) is 14.4. The Morgan fingerprint density at radius 2 is 1.95 bits per heavy atom. The van der Waals surface area contributed by atoms with E-state index in [1.54, 1.807) is 28.6 Å². The average Bonchev–Trinajstić information content (AvgIpc) is 3.24. The summed E-state index contributed by atoms with van der Waals surface area (Å²) in [6.07, 6.45) is 5.05. The number of benzene rings is 1. The third-order valence-electron chi connectivity index (χ3n) is 3.16. The van der Waals surface area contributed by atoms with E-state index in [1.165, 1.54) is 0 Å². The van der Waals surface area contributed by atoms with Crippen LogP contribution in [0.3, 0.4) is 0 Å². The van der Waals surface area contributed by atoms with Gasteiger partial charge in [-0.05, 0) is 41.8 Å². The van der Waals surface area contributed by atoms with E-state index in [4.69, 9.17) is 4.42 Å². The van der Waals surface area contributed by atoms with Gasteiger partial charge in [0.15, 0.2) is 0 Å². The van der Waals surface area contributed by atoms with Crippen LogP contribution in [0.15, 0.2) is 76.7 Å². The first-order chi connectivity index (χ1) is 10.8. The van der Waals surface area contributed by atoms with E-state index in [0.29, 0.717) is 6.54 Å². The molecular weight excluding hydrogens is 294 g/mol. The summed E-state index contributed by atoms with van der Waals surface area (Å²) >= 11 is 1.60. The zero-order chi connectivity index (χ0) is 15.2. The second-order valence-corrected chi connectivity index (χ2v) is 5.67. The number of furan rings is 1. The number of nitrogens with zero attached hydrogens (tertiary/aromatic N) is 1. The molecule has 110 valence electrons. The molecule has 0 saturated carbocycles. The summed E-state index contributed by atoms with van der Waals surface area (Å²) in [6.45, 7) is 0.407. The van der Waals surface area contributed by atoms with Crippen molar-refractivity contribution in [3.8, 4) is 0 Å². The molecule has 0 aliphatic carbocycles. The highest BCUT2D eigenvalue weighted by molar-refractivity contribution is 7.10. The fraction of sp³-hybridized carbons (Fsp3) is 0.0556. The molecule has 4 heteroatoms. The van der Waals surface area contributed by atoms with Crippen LogP contribution < -0.4 is 4.90 Å². The summed E-state index contributed by atoms with van der Waals surface area (Å²) in [7, 11) is 0. The van der Waals surface area contributed by atoms with E-state index >= 15 is 0 Å². The second kappa shape index (κ2) is 6.91. The number of hydrogen-bond donors (Lipinski definition) is 0. The molecule has 22 heavy (non-hydrogen) atoms. The number of thiophene rings is 1. The van der Waals surface area contributed by atoms with Crippen molar-refractivity contribution in [2.45, 2.75) is 6.54 Å². The predicted octanol–water partition coefficient (Wildman–Crippen LogP) is 4.59. The molecule has 0 fully saturated rings. The van der Waals surface area contributed by atoms with Crippen LogP contribution in [0.4, 0.5) is 5.69 Å². The molecule has 0 saturated heterocycles. The highest BCUT2D eigenvalue weighted by atomic mass is 32.1. The molecule has 0 spiro atoms. The summed E-state index contributed by atoms with van der Waals surface area (Å²) in [5.41, 5.74) is 0.847. The summed E-state index contributed by atoms with van der Waals surface area (Å²) in [6, 6.07) is 17.2. The smallest absolute Gasteiger partial charge is 0.251 e. The number of carbonyl (C=O) groups excluding carboxylic acids is 1. The number of hydrogen-bond acceptors (Lipinski definition) is 3. The van der Waals surface area contributed by atoms with Gasteiger partial charge in [0.1, 0.15) is 5.76 Å². The van der Waals surface area contributed by atoms with E-state index < -0.39 is 0 Å². The molecule has 3 nitrogen and oxygen atoms in total. The summed E-state index contributed by atoms with van der Waals surface area (Å²) in [4.78, 5) is 15.3. The van der Waals surface area contributed by atoms with Crippen LogP contribution in [0.25, 0.3) is 6.08 Å². The first-order valence-electron chi connectivity index (χ1n) is 6.93. The predicted molar refractivity (Wildman–Crippen MR) is 89.7 cm³/mol. The lowest BCUT2D eigenvalue weighted by Gasteiger charge is -2.20. The van der Waals surface area contributed by atoms with Crippen molar-refractivity contribution in [2.75, 3.05) is 4.90 Å². The van der Waals surface area contributed by atoms with Gasteiger partial charge < -0.3 is 9.32 Å². The Hall–Kier alpha value is -2.59. The number of anilines is 1. The molecule has 0 radical (unpaired) electrons. The Labute approximate surface area is 133 Å².